The first-order valence-electron chi connectivity index (χ1n) is 9.25. The number of benzene rings is 1. The third-order valence-corrected chi connectivity index (χ3v) is 5.07. The smallest absolute Gasteiger partial charge is 0.317 e. The first kappa shape index (κ1) is 18.6. The maximum absolute atomic E-state index is 11.0. The second kappa shape index (κ2) is 8.47. The van der Waals surface area contributed by atoms with Crippen LogP contribution in [0, 0.1) is 6.92 Å². The molecule has 0 aliphatic carbocycles. The lowest BCUT2D eigenvalue weighted by molar-refractivity contribution is -0.139. The minimum Gasteiger partial charge on any atom is -0.480 e. The van der Waals surface area contributed by atoms with E-state index in [9.17, 15) is 4.79 Å². The van der Waals surface area contributed by atoms with Gasteiger partial charge in [-0.15, -0.1) is 0 Å². The van der Waals surface area contributed by atoms with Gasteiger partial charge < -0.3 is 9.52 Å². The molecule has 1 aromatic heterocycles. The average Bonchev–Trinajstić information content (AvgIpc) is 3.09. The normalized spacial score (nSPS) is 16.3. The Labute approximate surface area is 154 Å². The molecule has 1 aliphatic rings. The van der Waals surface area contributed by atoms with Crippen molar-refractivity contribution in [3.63, 3.8) is 0 Å². The third kappa shape index (κ3) is 4.71. The summed E-state index contributed by atoms with van der Waals surface area (Å²) in [5.41, 5.74) is 2.26. The number of aromatic nitrogens is 1. The highest BCUT2D eigenvalue weighted by Crippen LogP contribution is 2.23. The van der Waals surface area contributed by atoms with E-state index in [1.54, 1.807) is 6.20 Å². The zero-order valence-corrected chi connectivity index (χ0v) is 15.5. The average molecular weight is 357 g/mol. The minimum atomic E-state index is -0.752. The van der Waals surface area contributed by atoms with Crippen LogP contribution in [-0.2, 0) is 11.3 Å². The molecule has 2 aromatic rings. The minimum absolute atomic E-state index is 0.126. The molecule has 1 fully saturated rings. The third-order valence-electron chi connectivity index (χ3n) is 5.07. The van der Waals surface area contributed by atoms with Crippen LogP contribution in [0.3, 0.4) is 0 Å². The van der Waals surface area contributed by atoms with Crippen LogP contribution in [0.1, 0.15) is 31.2 Å². The number of carbonyl (C=O) groups is 1. The lowest BCUT2D eigenvalue weighted by atomic mass is 10.0. The highest BCUT2D eigenvalue weighted by molar-refractivity contribution is 5.69. The van der Waals surface area contributed by atoms with Crippen LogP contribution in [0.25, 0.3) is 11.3 Å². The van der Waals surface area contributed by atoms with Crippen molar-refractivity contribution in [1.29, 1.82) is 0 Å². The van der Waals surface area contributed by atoms with Gasteiger partial charge in [-0.3, -0.25) is 14.6 Å². The number of aliphatic carboxylic acids is 1. The first-order valence-corrected chi connectivity index (χ1v) is 9.25. The number of oxazole rings is 1. The standard InChI is InChI=1S/C20H27N3O3/c1-3-23(14-20(24)25)17-8-10-22(11-9-17)13-19-21-12-18(26-19)16-6-4-15(2)5-7-16/h4-7,12,17H,3,8-11,13-14H2,1-2H3,(H,24,25). The molecule has 1 N–H and O–H groups in total. The van der Waals surface area contributed by atoms with Crippen molar-refractivity contribution >= 4 is 5.97 Å². The number of hydrogen-bond acceptors (Lipinski definition) is 5. The summed E-state index contributed by atoms with van der Waals surface area (Å²) in [6.07, 6.45) is 3.75. The van der Waals surface area contributed by atoms with Crippen LogP contribution in [0.2, 0.25) is 0 Å². The van der Waals surface area contributed by atoms with Crippen molar-refractivity contribution < 1.29 is 14.3 Å². The van der Waals surface area contributed by atoms with Crippen LogP contribution in [0.5, 0.6) is 0 Å². The SMILES string of the molecule is CCN(CC(=O)O)C1CCN(Cc2ncc(-c3ccc(C)cc3)o2)CC1. The molecule has 0 atom stereocenters. The molecule has 1 saturated heterocycles. The Balaban J connectivity index is 1.53. The van der Waals surface area contributed by atoms with Gasteiger partial charge in [-0.2, -0.15) is 0 Å². The number of aryl methyl sites for hydroxylation is 1. The van der Waals surface area contributed by atoms with Gasteiger partial charge in [0.2, 0.25) is 5.89 Å². The number of carboxylic acids is 1. The number of carboxylic acid groups (broad SMARTS) is 1. The Hall–Kier alpha value is -2.18. The Kier molecular flexibility index (Phi) is 6.06. The number of piperidine rings is 1. The number of rotatable bonds is 7. The van der Waals surface area contributed by atoms with E-state index >= 15 is 0 Å². The van der Waals surface area contributed by atoms with E-state index in [-0.39, 0.29) is 6.54 Å². The molecular formula is C20H27N3O3. The van der Waals surface area contributed by atoms with Gasteiger partial charge in [0, 0.05) is 24.7 Å². The summed E-state index contributed by atoms with van der Waals surface area (Å²) < 4.78 is 5.92. The number of nitrogens with zero attached hydrogens (tertiary/aromatic N) is 3. The fourth-order valence-electron chi connectivity index (χ4n) is 3.54. The molecule has 0 amide bonds. The van der Waals surface area contributed by atoms with Crippen LogP contribution < -0.4 is 0 Å². The molecule has 0 bridgehead atoms. The molecule has 0 unspecified atom stereocenters. The molecule has 0 spiro atoms. The maximum atomic E-state index is 11.0. The molecule has 2 heterocycles. The van der Waals surface area contributed by atoms with Crippen LogP contribution in [0.15, 0.2) is 34.9 Å². The fourth-order valence-corrected chi connectivity index (χ4v) is 3.54. The Morgan fingerprint density at radius 3 is 2.62 bits per heavy atom. The van der Waals surface area contributed by atoms with E-state index in [1.165, 1.54) is 5.56 Å². The Morgan fingerprint density at radius 1 is 1.31 bits per heavy atom. The molecule has 1 aliphatic heterocycles. The number of hydrogen-bond donors (Lipinski definition) is 1. The van der Waals surface area contributed by atoms with Gasteiger partial charge in [0.05, 0.1) is 19.3 Å². The largest absolute Gasteiger partial charge is 0.480 e. The van der Waals surface area contributed by atoms with E-state index in [2.05, 4.69) is 33.8 Å². The van der Waals surface area contributed by atoms with Crippen molar-refractivity contribution in [3.8, 4) is 11.3 Å². The summed E-state index contributed by atoms with van der Waals surface area (Å²) in [6.45, 7) is 7.55. The maximum Gasteiger partial charge on any atom is 0.317 e. The summed E-state index contributed by atoms with van der Waals surface area (Å²) in [6, 6.07) is 8.58. The van der Waals surface area contributed by atoms with Gasteiger partial charge in [0.15, 0.2) is 5.76 Å². The zero-order chi connectivity index (χ0) is 18.5. The number of likely N-dealkylation sites (N-methyl/N-ethyl adjacent to an activating group) is 1. The van der Waals surface area contributed by atoms with E-state index in [1.807, 2.05) is 19.1 Å². The predicted octanol–water partition coefficient (Wildman–Crippen LogP) is 3.02. The van der Waals surface area contributed by atoms with E-state index < -0.39 is 5.97 Å². The lowest BCUT2D eigenvalue weighted by Gasteiger charge is -2.36. The van der Waals surface area contributed by atoms with Gasteiger partial charge in [-0.05, 0) is 26.3 Å². The molecule has 0 radical (unpaired) electrons. The van der Waals surface area contributed by atoms with Crippen molar-refractivity contribution in [3.05, 3.63) is 41.9 Å². The summed E-state index contributed by atoms with van der Waals surface area (Å²) in [4.78, 5) is 19.8. The predicted molar refractivity (Wildman–Crippen MR) is 99.9 cm³/mol. The molecular weight excluding hydrogens is 330 g/mol. The van der Waals surface area contributed by atoms with Gasteiger partial charge in [0.1, 0.15) is 0 Å². The Morgan fingerprint density at radius 2 is 2.00 bits per heavy atom. The van der Waals surface area contributed by atoms with E-state index in [0.29, 0.717) is 12.6 Å². The molecule has 140 valence electrons. The second-order valence-corrected chi connectivity index (χ2v) is 6.95. The van der Waals surface area contributed by atoms with Crippen molar-refractivity contribution in [2.75, 3.05) is 26.2 Å². The highest BCUT2D eigenvalue weighted by Gasteiger charge is 2.25. The fraction of sp³-hybridized carbons (Fsp3) is 0.500. The van der Waals surface area contributed by atoms with E-state index in [0.717, 1.165) is 49.7 Å². The van der Waals surface area contributed by atoms with Crippen LogP contribution >= 0.6 is 0 Å². The first-order chi connectivity index (χ1) is 12.5. The zero-order valence-electron chi connectivity index (χ0n) is 15.5. The van der Waals surface area contributed by atoms with Crippen molar-refractivity contribution in [2.45, 2.75) is 39.3 Å². The molecule has 1 aromatic carbocycles. The molecule has 26 heavy (non-hydrogen) atoms. The summed E-state index contributed by atoms with van der Waals surface area (Å²) in [5, 5.41) is 9.03. The highest BCUT2D eigenvalue weighted by atomic mass is 16.4. The quantitative estimate of drug-likeness (QED) is 0.821. The van der Waals surface area contributed by atoms with Crippen LogP contribution in [0.4, 0.5) is 0 Å². The molecule has 6 nitrogen and oxygen atoms in total. The van der Waals surface area contributed by atoms with Crippen LogP contribution in [-0.4, -0.2) is 58.1 Å². The lowest BCUT2D eigenvalue weighted by Crippen LogP contribution is -2.46. The molecule has 0 saturated carbocycles. The number of likely N-dealkylation sites (tertiary alicyclic amines) is 1. The van der Waals surface area contributed by atoms with Crippen molar-refractivity contribution in [1.82, 2.24) is 14.8 Å². The monoisotopic (exact) mass is 357 g/mol. The summed E-state index contributed by atoms with van der Waals surface area (Å²) in [5.74, 6) is 0.781. The summed E-state index contributed by atoms with van der Waals surface area (Å²) in [7, 11) is 0. The van der Waals surface area contributed by atoms with Gasteiger partial charge >= 0.3 is 5.97 Å². The van der Waals surface area contributed by atoms with E-state index in [4.69, 9.17) is 9.52 Å². The topological polar surface area (TPSA) is 69.8 Å². The molecule has 6 heteroatoms. The van der Waals surface area contributed by atoms with Gasteiger partial charge in [-0.1, -0.05) is 36.8 Å². The van der Waals surface area contributed by atoms with Gasteiger partial charge in [0.25, 0.3) is 0 Å². The summed E-state index contributed by atoms with van der Waals surface area (Å²) >= 11 is 0. The van der Waals surface area contributed by atoms with Crippen molar-refractivity contribution in [2.24, 2.45) is 0 Å². The molecule has 3 rings (SSSR count). The van der Waals surface area contributed by atoms with Gasteiger partial charge in [-0.25, -0.2) is 4.98 Å². The Bertz CT molecular complexity index is 718. The second-order valence-electron chi connectivity index (χ2n) is 6.95.